The minimum atomic E-state index is -0.508. The maximum atomic E-state index is 12.2. The average Bonchev–Trinajstić information content (AvgIpc) is 3.04. The third-order valence-electron chi connectivity index (χ3n) is 4.11. The zero-order valence-corrected chi connectivity index (χ0v) is 16.1. The number of carbonyl (C=O) groups is 2. The molecule has 0 N–H and O–H groups in total. The van der Waals surface area contributed by atoms with Crippen LogP contribution >= 0.6 is 0 Å². The van der Waals surface area contributed by atoms with Gasteiger partial charge in [-0.25, -0.2) is 19.1 Å². The molecule has 2 aromatic rings. The van der Waals surface area contributed by atoms with Gasteiger partial charge in [-0.15, -0.1) is 0 Å². The van der Waals surface area contributed by atoms with E-state index in [0.717, 1.165) is 5.82 Å². The van der Waals surface area contributed by atoms with Crippen molar-refractivity contribution in [2.75, 3.05) is 37.7 Å². The van der Waals surface area contributed by atoms with Gasteiger partial charge in [0.2, 0.25) is 0 Å². The summed E-state index contributed by atoms with van der Waals surface area (Å²) in [7, 11) is 0. The summed E-state index contributed by atoms with van der Waals surface area (Å²) in [6.07, 6.45) is 2.93. The molecule has 1 aliphatic heterocycles. The van der Waals surface area contributed by atoms with Crippen molar-refractivity contribution in [3.63, 3.8) is 0 Å². The van der Waals surface area contributed by atoms with Crippen molar-refractivity contribution < 1.29 is 19.1 Å². The van der Waals surface area contributed by atoms with Crippen molar-refractivity contribution >= 4 is 23.5 Å². The summed E-state index contributed by atoms with van der Waals surface area (Å²) in [5, 5.41) is 4.14. The van der Waals surface area contributed by atoms with Gasteiger partial charge in [0.15, 0.2) is 5.65 Å². The van der Waals surface area contributed by atoms with Crippen molar-refractivity contribution in [3.05, 3.63) is 24.0 Å². The molecule has 0 unspecified atom stereocenters. The van der Waals surface area contributed by atoms with Crippen LogP contribution in [0.5, 0.6) is 0 Å². The number of hydrogen-bond acceptors (Lipinski definition) is 7. The number of ether oxygens (including phenoxy) is 2. The van der Waals surface area contributed by atoms with Crippen LogP contribution in [0.4, 0.5) is 10.6 Å². The third-order valence-corrected chi connectivity index (χ3v) is 4.11. The molecule has 9 nitrogen and oxygen atoms in total. The van der Waals surface area contributed by atoms with E-state index in [0.29, 0.717) is 44.0 Å². The molecular weight excluding hydrogens is 350 g/mol. The third kappa shape index (κ3) is 4.29. The summed E-state index contributed by atoms with van der Waals surface area (Å²) in [4.78, 5) is 32.6. The van der Waals surface area contributed by atoms with Gasteiger partial charge in [0, 0.05) is 32.4 Å². The molecule has 1 saturated heterocycles. The van der Waals surface area contributed by atoms with E-state index in [-0.39, 0.29) is 6.09 Å². The monoisotopic (exact) mass is 375 g/mol. The van der Waals surface area contributed by atoms with Gasteiger partial charge in [-0.1, -0.05) is 0 Å². The first kappa shape index (κ1) is 18.9. The molecule has 1 fully saturated rings. The van der Waals surface area contributed by atoms with Crippen molar-refractivity contribution in [1.82, 2.24) is 19.5 Å². The Hall–Kier alpha value is -2.84. The van der Waals surface area contributed by atoms with Crippen molar-refractivity contribution in [2.45, 2.75) is 33.3 Å². The van der Waals surface area contributed by atoms with Gasteiger partial charge in [0.25, 0.3) is 0 Å². The molecule has 0 aliphatic carbocycles. The maximum Gasteiger partial charge on any atom is 0.410 e. The molecule has 9 heteroatoms. The molecule has 0 aromatic carbocycles. The van der Waals surface area contributed by atoms with Gasteiger partial charge in [0.1, 0.15) is 17.0 Å². The highest BCUT2D eigenvalue weighted by Gasteiger charge is 2.26. The largest absolute Gasteiger partial charge is 0.462 e. The smallest absolute Gasteiger partial charge is 0.410 e. The first-order valence-corrected chi connectivity index (χ1v) is 9.03. The fraction of sp³-hybridized carbons (Fsp3) is 0.556. The van der Waals surface area contributed by atoms with Crippen LogP contribution in [0.1, 0.15) is 38.1 Å². The number of rotatable bonds is 3. The number of piperazine rings is 1. The Bertz CT molecular complexity index is 834. The van der Waals surface area contributed by atoms with Gasteiger partial charge in [0.05, 0.1) is 12.8 Å². The number of hydrogen-bond donors (Lipinski definition) is 0. The number of carbonyl (C=O) groups excluding carboxylic acids is 2. The normalized spacial score (nSPS) is 15.1. The van der Waals surface area contributed by atoms with Gasteiger partial charge in [-0.05, 0) is 33.8 Å². The highest BCUT2D eigenvalue weighted by atomic mass is 16.6. The Morgan fingerprint density at radius 2 is 1.89 bits per heavy atom. The van der Waals surface area contributed by atoms with Crippen LogP contribution in [0.15, 0.2) is 18.5 Å². The lowest BCUT2D eigenvalue weighted by molar-refractivity contribution is 0.0240. The molecule has 0 spiro atoms. The molecule has 1 amide bonds. The van der Waals surface area contributed by atoms with E-state index in [1.807, 2.05) is 26.8 Å². The van der Waals surface area contributed by atoms with E-state index in [2.05, 4.69) is 15.0 Å². The van der Waals surface area contributed by atoms with Crippen molar-refractivity contribution in [1.29, 1.82) is 0 Å². The quantitative estimate of drug-likeness (QED) is 0.758. The summed E-state index contributed by atoms with van der Waals surface area (Å²) in [6, 6.07) is 1.85. The van der Waals surface area contributed by atoms with E-state index < -0.39 is 11.6 Å². The van der Waals surface area contributed by atoms with Crippen molar-refractivity contribution in [3.8, 4) is 0 Å². The number of fused-ring (bicyclic) bond motifs is 1. The first-order chi connectivity index (χ1) is 12.8. The predicted octanol–water partition coefficient (Wildman–Crippen LogP) is 1.96. The van der Waals surface area contributed by atoms with Gasteiger partial charge >= 0.3 is 12.1 Å². The van der Waals surface area contributed by atoms with Crippen LogP contribution in [-0.4, -0.2) is 69.9 Å². The zero-order valence-electron chi connectivity index (χ0n) is 16.1. The lowest BCUT2D eigenvalue weighted by Crippen LogP contribution is -2.50. The fourth-order valence-corrected chi connectivity index (χ4v) is 2.83. The number of esters is 1. The predicted molar refractivity (Wildman–Crippen MR) is 99.0 cm³/mol. The van der Waals surface area contributed by atoms with E-state index in [9.17, 15) is 9.59 Å². The molecule has 1 aliphatic rings. The van der Waals surface area contributed by atoms with Crippen LogP contribution in [0, 0.1) is 0 Å². The summed E-state index contributed by atoms with van der Waals surface area (Å²) >= 11 is 0. The minimum Gasteiger partial charge on any atom is -0.462 e. The average molecular weight is 375 g/mol. The number of aromatic nitrogens is 3. The van der Waals surface area contributed by atoms with E-state index >= 15 is 0 Å². The maximum absolute atomic E-state index is 12.2. The number of amides is 1. The molecule has 0 saturated carbocycles. The molecule has 0 radical (unpaired) electrons. The van der Waals surface area contributed by atoms with E-state index in [1.165, 1.54) is 6.20 Å². The Balaban J connectivity index is 1.71. The molecule has 3 heterocycles. The van der Waals surface area contributed by atoms with Gasteiger partial charge in [-0.2, -0.15) is 5.10 Å². The molecule has 0 atom stereocenters. The summed E-state index contributed by atoms with van der Waals surface area (Å²) in [5.74, 6) is 0.296. The van der Waals surface area contributed by atoms with E-state index in [1.54, 1.807) is 22.5 Å². The molecule has 2 aromatic heterocycles. The summed E-state index contributed by atoms with van der Waals surface area (Å²) < 4.78 is 12.0. The Kier molecular flexibility index (Phi) is 5.20. The molecular formula is C18H25N5O4. The topological polar surface area (TPSA) is 89.3 Å². The Morgan fingerprint density at radius 3 is 2.52 bits per heavy atom. The van der Waals surface area contributed by atoms with Crippen LogP contribution in [0.2, 0.25) is 0 Å². The standard InChI is InChI=1S/C18H25N5O4/c1-5-26-16(24)13-12-19-23-7-6-14(20-15(13)23)21-8-10-22(11-9-21)17(25)27-18(2,3)4/h6-7,12H,5,8-11H2,1-4H3. The summed E-state index contributed by atoms with van der Waals surface area (Å²) in [5.41, 5.74) is 0.290. The van der Waals surface area contributed by atoms with E-state index in [4.69, 9.17) is 9.47 Å². The second-order valence-corrected chi connectivity index (χ2v) is 7.29. The van der Waals surface area contributed by atoms with Crippen molar-refractivity contribution in [2.24, 2.45) is 0 Å². The molecule has 0 bridgehead atoms. The fourth-order valence-electron chi connectivity index (χ4n) is 2.83. The Labute approximate surface area is 157 Å². The second kappa shape index (κ2) is 7.42. The first-order valence-electron chi connectivity index (χ1n) is 9.03. The molecule has 3 rings (SSSR count). The van der Waals surface area contributed by atoms with Gasteiger partial charge in [-0.3, -0.25) is 0 Å². The Morgan fingerprint density at radius 1 is 1.19 bits per heavy atom. The van der Waals surface area contributed by atoms with Gasteiger partial charge < -0.3 is 19.3 Å². The highest BCUT2D eigenvalue weighted by Crippen LogP contribution is 2.19. The van der Waals surface area contributed by atoms with Crippen LogP contribution in [-0.2, 0) is 9.47 Å². The molecule has 146 valence electrons. The second-order valence-electron chi connectivity index (χ2n) is 7.29. The highest BCUT2D eigenvalue weighted by molar-refractivity contribution is 5.95. The van der Waals surface area contributed by atoms with Crippen LogP contribution < -0.4 is 4.90 Å². The van der Waals surface area contributed by atoms with Crippen LogP contribution in [0.25, 0.3) is 5.65 Å². The molecule has 27 heavy (non-hydrogen) atoms. The SMILES string of the molecule is CCOC(=O)c1cnn2ccc(N3CCN(C(=O)OC(C)(C)C)CC3)nc12. The number of anilines is 1. The number of nitrogens with zero attached hydrogens (tertiary/aromatic N) is 5. The zero-order chi connectivity index (χ0) is 19.6. The summed E-state index contributed by atoms with van der Waals surface area (Å²) in [6.45, 7) is 9.97. The lowest BCUT2D eigenvalue weighted by Gasteiger charge is -2.36. The minimum absolute atomic E-state index is 0.294. The lowest BCUT2D eigenvalue weighted by atomic mass is 10.2. The van der Waals surface area contributed by atoms with Crippen LogP contribution in [0.3, 0.4) is 0 Å².